The number of hydrogen-bond acceptors (Lipinski definition) is 3. The molecule has 2 fully saturated rings. The van der Waals surface area contributed by atoms with Crippen molar-refractivity contribution in [2.24, 2.45) is 0 Å². The van der Waals surface area contributed by atoms with E-state index < -0.39 is 0 Å². The summed E-state index contributed by atoms with van der Waals surface area (Å²) in [5, 5.41) is 3.75. The fourth-order valence-electron chi connectivity index (χ4n) is 3.31. The molecule has 1 spiro atoms. The van der Waals surface area contributed by atoms with Crippen LogP contribution in [0, 0.1) is 0 Å². The van der Waals surface area contributed by atoms with Gasteiger partial charge < -0.3 is 10.1 Å². The van der Waals surface area contributed by atoms with Crippen molar-refractivity contribution in [2.75, 3.05) is 24.7 Å². The van der Waals surface area contributed by atoms with Crippen LogP contribution in [0.3, 0.4) is 0 Å². The third kappa shape index (κ3) is 3.78. The second-order valence-electron chi connectivity index (χ2n) is 6.07. The molecule has 2 heterocycles. The van der Waals surface area contributed by atoms with Gasteiger partial charge in [-0.15, -0.1) is 0 Å². The van der Waals surface area contributed by atoms with Gasteiger partial charge in [0.25, 0.3) is 0 Å². The van der Waals surface area contributed by atoms with Crippen molar-refractivity contribution in [3.63, 3.8) is 0 Å². The molecular formula is C17H25NOS. The Labute approximate surface area is 126 Å². The second kappa shape index (κ2) is 6.97. The lowest BCUT2D eigenvalue weighted by molar-refractivity contribution is -0.0700. The Balaban J connectivity index is 1.38. The molecule has 1 aromatic rings. The van der Waals surface area contributed by atoms with Crippen LogP contribution in [0.1, 0.15) is 31.2 Å². The smallest absolute Gasteiger partial charge is 0.0795 e. The van der Waals surface area contributed by atoms with Gasteiger partial charge in [-0.25, -0.2) is 0 Å². The Bertz CT molecular complexity index is 403. The van der Waals surface area contributed by atoms with E-state index in [1.54, 1.807) is 0 Å². The standard InChI is InChI=1S/C17H25NOS/c1-2-5-15(6-3-1)7-4-10-18-16-8-11-19-17(13-16)9-12-20-14-17/h1-3,5-6,16,18H,4,7-14H2. The van der Waals surface area contributed by atoms with Gasteiger partial charge in [-0.2, -0.15) is 11.8 Å². The number of hydrogen-bond donors (Lipinski definition) is 1. The molecule has 0 radical (unpaired) electrons. The molecule has 2 unspecified atom stereocenters. The third-order valence-electron chi connectivity index (χ3n) is 4.48. The summed E-state index contributed by atoms with van der Waals surface area (Å²) in [4.78, 5) is 0. The molecule has 1 N–H and O–H groups in total. The number of aryl methyl sites for hydroxylation is 1. The summed E-state index contributed by atoms with van der Waals surface area (Å²) in [5.74, 6) is 2.48. The predicted molar refractivity (Wildman–Crippen MR) is 86.4 cm³/mol. The highest BCUT2D eigenvalue weighted by Gasteiger charge is 2.40. The highest BCUT2D eigenvalue weighted by molar-refractivity contribution is 7.99. The van der Waals surface area contributed by atoms with E-state index in [1.807, 2.05) is 0 Å². The normalized spacial score (nSPS) is 29.9. The Morgan fingerprint density at radius 1 is 1.30 bits per heavy atom. The lowest BCUT2D eigenvalue weighted by Gasteiger charge is -2.38. The van der Waals surface area contributed by atoms with Gasteiger partial charge in [-0.05, 0) is 50.0 Å². The molecule has 20 heavy (non-hydrogen) atoms. The molecule has 3 rings (SSSR count). The molecule has 2 aliphatic rings. The van der Waals surface area contributed by atoms with Crippen LogP contribution in [0.4, 0.5) is 0 Å². The van der Waals surface area contributed by atoms with Gasteiger partial charge in [-0.3, -0.25) is 0 Å². The highest BCUT2D eigenvalue weighted by atomic mass is 32.2. The van der Waals surface area contributed by atoms with Gasteiger partial charge in [0.05, 0.1) is 5.60 Å². The molecule has 110 valence electrons. The van der Waals surface area contributed by atoms with Gasteiger partial charge in [0.15, 0.2) is 0 Å². The molecule has 0 saturated carbocycles. The van der Waals surface area contributed by atoms with Crippen molar-refractivity contribution >= 4 is 11.8 Å². The average molecular weight is 291 g/mol. The van der Waals surface area contributed by atoms with E-state index in [0.717, 1.165) is 13.2 Å². The van der Waals surface area contributed by atoms with Crippen LogP contribution in [-0.4, -0.2) is 36.3 Å². The summed E-state index contributed by atoms with van der Waals surface area (Å²) < 4.78 is 6.07. The average Bonchev–Trinajstić information content (AvgIpc) is 2.93. The van der Waals surface area contributed by atoms with Crippen LogP contribution in [-0.2, 0) is 11.2 Å². The van der Waals surface area contributed by atoms with Crippen molar-refractivity contribution in [2.45, 2.75) is 43.7 Å². The highest BCUT2D eigenvalue weighted by Crippen LogP contribution is 2.38. The topological polar surface area (TPSA) is 21.3 Å². The number of benzene rings is 1. The first-order valence-corrected chi connectivity index (χ1v) is 9.01. The van der Waals surface area contributed by atoms with E-state index in [0.29, 0.717) is 6.04 Å². The molecule has 0 bridgehead atoms. The maximum atomic E-state index is 6.07. The molecule has 0 amide bonds. The Hall–Kier alpha value is -0.510. The molecular weight excluding hydrogens is 266 g/mol. The second-order valence-corrected chi connectivity index (χ2v) is 7.17. The minimum atomic E-state index is 0.208. The first-order chi connectivity index (χ1) is 9.86. The van der Waals surface area contributed by atoms with Crippen molar-refractivity contribution in [1.82, 2.24) is 5.32 Å². The van der Waals surface area contributed by atoms with E-state index in [1.165, 1.54) is 49.2 Å². The molecule has 1 aromatic carbocycles. The lowest BCUT2D eigenvalue weighted by atomic mass is 9.90. The zero-order chi connectivity index (χ0) is 13.7. The fourth-order valence-corrected chi connectivity index (χ4v) is 4.69. The zero-order valence-electron chi connectivity index (χ0n) is 12.1. The first-order valence-electron chi connectivity index (χ1n) is 7.85. The summed E-state index contributed by atoms with van der Waals surface area (Å²) in [6, 6.07) is 11.4. The predicted octanol–water partition coefficient (Wildman–Crippen LogP) is 3.26. The molecule has 2 nitrogen and oxygen atoms in total. The third-order valence-corrected chi connectivity index (χ3v) is 5.70. The summed E-state index contributed by atoms with van der Waals surface area (Å²) in [5.41, 5.74) is 1.66. The van der Waals surface area contributed by atoms with E-state index in [9.17, 15) is 0 Å². The van der Waals surface area contributed by atoms with Gasteiger partial charge >= 0.3 is 0 Å². The van der Waals surface area contributed by atoms with Crippen LogP contribution in [0.2, 0.25) is 0 Å². The largest absolute Gasteiger partial charge is 0.374 e. The molecule has 0 aromatic heterocycles. The molecule has 2 atom stereocenters. The van der Waals surface area contributed by atoms with Crippen molar-refractivity contribution in [3.05, 3.63) is 35.9 Å². The summed E-state index contributed by atoms with van der Waals surface area (Å²) >= 11 is 2.05. The summed E-state index contributed by atoms with van der Waals surface area (Å²) in [6.07, 6.45) is 6.05. The Morgan fingerprint density at radius 2 is 2.20 bits per heavy atom. The zero-order valence-corrected chi connectivity index (χ0v) is 13.0. The van der Waals surface area contributed by atoms with Crippen LogP contribution in [0.5, 0.6) is 0 Å². The van der Waals surface area contributed by atoms with Crippen LogP contribution in [0.15, 0.2) is 30.3 Å². The maximum absolute atomic E-state index is 6.07. The van der Waals surface area contributed by atoms with Crippen molar-refractivity contribution in [3.8, 4) is 0 Å². The van der Waals surface area contributed by atoms with E-state index in [4.69, 9.17) is 4.74 Å². The summed E-state index contributed by atoms with van der Waals surface area (Å²) in [6.45, 7) is 2.07. The SMILES string of the molecule is c1ccc(CCCNC2CCOC3(CCSC3)C2)cc1. The summed E-state index contributed by atoms with van der Waals surface area (Å²) in [7, 11) is 0. The number of ether oxygens (including phenoxy) is 1. The first kappa shape index (κ1) is 14.4. The maximum Gasteiger partial charge on any atom is 0.0795 e. The number of thioether (sulfide) groups is 1. The number of nitrogens with one attached hydrogen (secondary N) is 1. The monoisotopic (exact) mass is 291 g/mol. The minimum absolute atomic E-state index is 0.208. The van der Waals surface area contributed by atoms with Crippen LogP contribution >= 0.6 is 11.8 Å². The van der Waals surface area contributed by atoms with Crippen molar-refractivity contribution < 1.29 is 4.74 Å². The van der Waals surface area contributed by atoms with Crippen molar-refractivity contribution in [1.29, 1.82) is 0 Å². The Morgan fingerprint density at radius 3 is 3.00 bits per heavy atom. The van der Waals surface area contributed by atoms with Gasteiger partial charge in [-0.1, -0.05) is 30.3 Å². The molecule has 2 saturated heterocycles. The lowest BCUT2D eigenvalue weighted by Crippen LogP contribution is -2.47. The van der Waals surface area contributed by atoms with E-state index in [-0.39, 0.29) is 5.60 Å². The van der Waals surface area contributed by atoms with Gasteiger partial charge in [0.2, 0.25) is 0 Å². The van der Waals surface area contributed by atoms with Crippen LogP contribution in [0.25, 0.3) is 0 Å². The minimum Gasteiger partial charge on any atom is -0.374 e. The van der Waals surface area contributed by atoms with Gasteiger partial charge in [0.1, 0.15) is 0 Å². The van der Waals surface area contributed by atoms with E-state index in [2.05, 4.69) is 47.4 Å². The quantitative estimate of drug-likeness (QED) is 0.841. The van der Waals surface area contributed by atoms with Crippen LogP contribution < -0.4 is 5.32 Å². The van der Waals surface area contributed by atoms with Gasteiger partial charge in [0, 0.05) is 18.4 Å². The molecule has 0 aliphatic carbocycles. The van der Waals surface area contributed by atoms with E-state index >= 15 is 0 Å². The molecule has 2 aliphatic heterocycles. The number of rotatable bonds is 5. The Kier molecular flexibility index (Phi) is 5.03. The molecule has 3 heteroatoms. The fraction of sp³-hybridized carbons (Fsp3) is 0.647.